The van der Waals surface area contributed by atoms with Crippen molar-refractivity contribution in [1.29, 1.82) is 0 Å². The van der Waals surface area contributed by atoms with E-state index in [0.29, 0.717) is 0 Å². The number of halogens is 1. The van der Waals surface area contributed by atoms with Crippen molar-refractivity contribution in [1.82, 2.24) is 0 Å². The van der Waals surface area contributed by atoms with Crippen molar-refractivity contribution in [3.05, 3.63) is 35.9 Å². The second kappa shape index (κ2) is 2.53. The second-order valence-corrected chi connectivity index (χ2v) is 5.05. The molecule has 2 aliphatic rings. The molecule has 1 aliphatic heterocycles. The Kier molecular flexibility index (Phi) is 1.58. The van der Waals surface area contributed by atoms with Crippen LogP contribution in [0.3, 0.4) is 0 Å². The molecular weight excluding hydrogens is 196 g/mol. The van der Waals surface area contributed by atoms with Crippen molar-refractivity contribution in [3.63, 3.8) is 0 Å². The molecule has 1 nitrogen and oxygen atoms in total. The standard InChI is InChI=1S/C12H13ClO/c1-9-12(14-9,11(13)7-8-11)10-5-3-2-4-6-10/h2-6,9H,7-8H2,1H3. The minimum atomic E-state index is -0.185. The van der Waals surface area contributed by atoms with Crippen LogP contribution in [0.25, 0.3) is 0 Å². The highest BCUT2D eigenvalue weighted by Gasteiger charge is 2.72. The first-order valence-corrected chi connectivity index (χ1v) is 5.49. The third kappa shape index (κ3) is 0.945. The molecule has 3 rings (SSSR count). The summed E-state index contributed by atoms with van der Waals surface area (Å²) >= 11 is 6.50. The average molecular weight is 209 g/mol. The summed E-state index contributed by atoms with van der Waals surface area (Å²) in [6.45, 7) is 2.11. The Bertz CT molecular complexity index is 358. The molecule has 2 atom stereocenters. The lowest BCUT2D eigenvalue weighted by atomic mass is 9.90. The highest BCUT2D eigenvalue weighted by atomic mass is 35.5. The monoisotopic (exact) mass is 208 g/mol. The van der Waals surface area contributed by atoms with Gasteiger partial charge < -0.3 is 4.74 Å². The highest BCUT2D eigenvalue weighted by molar-refractivity contribution is 6.27. The summed E-state index contributed by atoms with van der Waals surface area (Å²) in [4.78, 5) is -0.117. The Morgan fingerprint density at radius 3 is 2.29 bits per heavy atom. The molecule has 1 aromatic carbocycles. The van der Waals surface area contributed by atoms with E-state index in [1.165, 1.54) is 5.56 Å². The lowest BCUT2D eigenvalue weighted by molar-refractivity contribution is 0.282. The normalized spacial score (nSPS) is 38.0. The predicted molar refractivity (Wildman–Crippen MR) is 56.5 cm³/mol. The second-order valence-electron chi connectivity index (χ2n) is 4.33. The predicted octanol–water partition coefficient (Wildman–Crippen LogP) is 3.07. The van der Waals surface area contributed by atoms with Crippen LogP contribution in [0, 0.1) is 0 Å². The smallest absolute Gasteiger partial charge is 0.138 e. The molecular formula is C12H13ClO. The van der Waals surface area contributed by atoms with Gasteiger partial charge in [0, 0.05) is 0 Å². The van der Waals surface area contributed by atoms with E-state index < -0.39 is 0 Å². The van der Waals surface area contributed by atoms with Crippen molar-refractivity contribution in [3.8, 4) is 0 Å². The number of hydrogen-bond donors (Lipinski definition) is 0. The summed E-state index contributed by atoms with van der Waals surface area (Å²) < 4.78 is 5.79. The van der Waals surface area contributed by atoms with Crippen LogP contribution < -0.4 is 0 Å². The van der Waals surface area contributed by atoms with Gasteiger partial charge in [0.25, 0.3) is 0 Å². The lowest BCUT2D eigenvalue weighted by Crippen LogP contribution is -2.26. The topological polar surface area (TPSA) is 12.5 Å². The van der Waals surface area contributed by atoms with Crippen LogP contribution in [-0.4, -0.2) is 11.0 Å². The number of epoxide rings is 1. The Morgan fingerprint density at radius 1 is 1.29 bits per heavy atom. The maximum atomic E-state index is 6.50. The van der Waals surface area contributed by atoms with Gasteiger partial charge in [0.1, 0.15) is 5.60 Å². The number of benzene rings is 1. The van der Waals surface area contributed by atoms with Crippen LogP contribution in [0.4, 0.5) is 0 Å². The fraction of sp³-hybridized carbons (Fsp3) is 0.500. The summed E-state index contributed by atoms with van der Waals surface area (Å²) in [5.74, 6) is 0. The Labute approximate surface area is 89.0 Å². The molecule has 1 aliphatic carbocycles. The van der Waals surface area contributed by atoms with E-state index in [1.807, 2.05) is 18.2 Å². The molecule has 1 heterocycles. The molecule has 1 saturated carbocycles. The number of ether oxygens (including phenoxy) is 1. The molecule has 0 spiro atoms. The fourth-order valence-electron chi connectivity index (χ4n) is 2.44. The minimum Gasteiger partial charge on any atom is -0.359 e. The first-order chi connectivity index (χ1) is 6.69. The van der Waals surface area contributed by atoms with Gasteiger partial charge in [-0.25, -0.2) is 0 Å². The maximum Gasteiger partial charge on any atom is 0.138 e. The summed E-state index contributed by atoms with van der Waals surface area (Å²) in [6.07, 6.45) is 2.42. The Morgan fingerprint density at radius 2 is 1.86 bits per heavy atom. The van der Waals surface area contributed by atoms with Crippen LogP contribution in [0.2, 0.25) is 0 Å². The van der Waals surface area contributed by atoms with Crippen LogP contribution in [-0.2, 0) is 10.3 Å². The van der Waals surface area contributed by atoms with E-state index in [-0.39, 0.29) is 16.6 Å². The van der Waals surface area contributed by atoms with Gasteiger partial charge in [-0.3, -0.25) is 0 Å². The van der Waals surface area contributed by atoms with E-state index >= 15 is 0 Å². The van der Waals surface area contributed by atoms with Crippen LogP contribution in [0.1, 0.15) is 25.3 Å². The summed E-state index contributed by atoms with van der Waals surface area (Å²) in [6, 6.07) is 10.4. The maximum absolute atomic E-state index is 6.50. The van der Waals surface area contributed by atoms with Gasteiger partial charge in [-0.05, 0) is 25.3 Å². The van der Waals surface area contributed by atoms with E-state index in [2.05, 4.69) is 19.1 Å². The zero-order valence-corrected chi connectivity index (χ0v) is 8.92. The fourth-order valence-corrected chi connectivity index (χ4v) is 2.84. The van der Waals surface area contributed by atoms with Gasteiger partial charge in [-0.15, -0.1) is 11.6 Å². The number of hydrogen-bond acceptors (Lipinski definition) is 1. The molecule has 1 aromatic rings. The largest absolute Gasteiger partial charge is 0.359 e. The lowest BCUT2D eigenvalue weighted by Gasteiger charge is -2.18. The quantitative estimate of drug-likeness (QED) is 0.538. The number of rotatable bonds is 2. The van der Waals surface area contributed by atoms with Crippen molar-refractivity contribution < 1.29 is 4.74 Å². The third-order valence-corrected chi connectivity index (χ3v) is 4.09. The molecule has 0 aromatic heterocycles. The van der Waals surface area contributed by atoms with Gasteiger partial charge in [0.2, 0.25) is 0 Å². The van der Waals surface area contributed by atoms with Gasteiger partial charge in [-0.2, -0.15) is 0 Å². The first-order valence-electron chi connectivity index (χ1n) is 5.11. The molecule has 0 bridgehead atoms. The van der Waals surface area contributed by atoms with Crippen LogP contribution in [0.15, 0.2) is 30.3 Å². The molecule has 0 amide bonds. The van der Waals surface area contributed by atoms with E-state index in [0.717, 1.165) is 12.8 Å². The van der Waals surface area contributed by atoms with E-state index in [1.54, 1.807) is 0 Å². The van der Waals surface area contributed by atoms with Crippen molar-refractivity contribution in [2.75, 3.05) is 0 Å². The van der Waals surface area contributed by atoms with Crippen molar-refractivity contribution in [2.45, 2.75) is 36.3 Å². The molecule has 0 N–H and O–H groups in total. The summed E-state index contributed by atoms with van der Waals surface area (Å²) in [5, 5.41) is 0. The molecule has 0 radical (unpaired) electrons. The number of alkyl halides is 1. The van der Waals surface area contributed by atoms with Crippen LogP contribution in [0.5, 0.6) is 0 Å². The van der Waals surface area contributed by atoms with E-state index in [9.17, 15) is 0 Å². The van der Waals surface area contributed by atoms with Gasteiger partial charge in [0.05, 0.1) is 11.0 Å². The molecule has 74 valence electrons. The molecule has 2 fully saturated rings. The van der Waals surface area contributed by atoms with Crippen molar-refractivity contribution in [2.24, 2.45) is 0 Å². The third-order valence-electron chi connectivity index (χ3n) is 3.44. The highest BCUT2D eigenvalue weighted by Crippen LogP contribution is 2.66. The first kappa shape index (κ1) is 8.75. The molecule has 2 unspecified atom stereocenters. The zero-order chi connectivity index (χ0) is 9.81. The van der Waals surface area contributed by atoms with E-state index in [4.69, 9.17) is 16.3 Å². The van der Waals surface area contributed by atoms with Crippen molar-refractivity contribution >= 4 is 11.6 Å². The summed E-state index contributed by atoms with van der Waals surface area (Å²) in [5.41, 5.74) is 1.05. The molecule has 14 heavy (non-hydrogen) atoms. The Hall–Kier alpha value is -0.530. The average Bonchev–Trinajstić information content (AvgIpc) is 3.08. The molecule has 2 heteroatoms. The van der Waals surface area contributed by atoms with Gasteiger partial charge >= 0.3 is 0 Å². The minimum absolute atomic E-state index is 0.117. The van der Waals surface area contributed by atoms with Gasteiger partial charge in [-0.1, -0.05) is 30.3 Å². The Balaban J connectivity index is 2.04. The van der Waals surface area contributed by atoms with Crippen LogP contribution >= 0.6 is 11.6 Å². The van der Waals surface area contributed by atoms with Gasteiger partial charge in [0.15, 0.2) is 0 Å². The summed E-state index contributed by atoms with van der Waals surface area (Å²) in [7, 11) is 0. The zero-order valence-electron chi connectivity index (χ0n) is 8.16. The molecule has 1 saturated heterocycles. The SMILES string of the molecule is CC1OC1(c1ccccc1)C1(Cl)CC1.